The molecule has 0 saturated heterocycles. The highest BCUT2D eigenvalue weighted by Gasteiger charge is 2.25. The van der Waals surface area contributed by atoms with Crippen molar-refractivity contribution in [1.29, 1.82) is 0 Å². The Morgan fingerprint density at radius 3 is 2.31 bits per heavy atom. The molecule has 0 aromatic rings. The Balaban J connectivity index is 4.10. The normalized spacial score (nSPS) is 12.6. The van der Waals surface area contributed by atoms with Crippen LogP contribution in [0.5, 0.6) is 0 Å². The third kappa shape index (κ3) is 11.4. The second-order valence-corrected chi connectivity index (χ2v) is 5.66. The second kappa shape index (κ2) is 14.0. The van der Waals surface area contributed by atoms with Gasteiger partial charge in [0, 0.05) is 26.6 Å². The van der Waals surface area contributed by atoms with E-state index in [9.17, 15) is 19.2 Å². The maximum atomic E-state index is 11.8. The molecule has 0 fully saturated rings. The molecule has 0 rings (SSSR count). The summed E-state index contributed by atoms with van der Waals surface area (Å²) in [6, 6.07) is 0. The minimum atomic E-state index is -1.22. The van der Waals surface area contributed by atoms with Crippen LogP contribution in [-0.2, 0) is 38.1 Å². The van der Waals surface area contributed by atoms with Gasteiger partial charge in [-0.15, -0.1) is 6.58 Å². The molecule has 2 unspecified atom stereocenters. The number of unbranched alkanes of at least 4 members (excludes halogenated alkanes) is 2. The van der Waals surface area contributed by atoms with Crippen LogP contribution in [0.25, 0.3) is 0 Å². The van der Waals surface area contributed by atoms with Crippen LogP contribution in [-0.4, -0.2) is 56.2 Å². The number of carbonyl (C=O) groups is 4. The van der Waals surface area contributed by atoms with Crippen LogP contribution in [0, 0.1) is 0 Å². The Hall–Kier alpha value is -2.22. The van der Waals surface area contributed by atoms with Crippen molar-refractivity contribution in [2.75, 3.05) is 20.3 Å². The Morgan fingerprint density at radius 1 is 1.04 bits per heavy atom. The van der Waals surface area contributed by atoms with Crippen LogP contribution >= 0.6 is 0 Å². The van der Waals surface area contributed by atoms with Gasteiger partial charge in [-0.3, -0.25) is 9.59 Å². The maximum absolute atomic E-state index is 11.8. The van der Waals surface area contributed by atoms with Crippen molar-refractivity contribution >= 4 is 23.7 Å². The van der Waals surface area contributed by atoms with Gasteiger partial charge in [0.2, 0.25) is 0 Å². The van der Waals surface area contributed by atoms with Crippen LogP contribution < -0.4 is 0 Å². The van der Waals surface area contributed by atoms with Gasteiger partial charge in [0.05, 0.1) is 0 Å². The minimum Gasteiger partial charge on any atom is -0.454 e. The Labute approximate surface area is 153 Å². The summed E-state index contributed by atoms with van der Waals surface area (Å²) >= 11 is 0. The average Bonchev–Trinajstić information content (AvgIpc) is 2.59. The summed E-state index contributed by atoms with van der Waals surface area (Å²) in [6.07, 6.45) is 1.93. The molecule has 0 bridgehead atoms. The smallest absolute Gasteiger partial charge is 0.347 e. The zero-order chi connectivity index (χ0) is 19.9. The summed E-state index contributed by atoms with van der Waals surface area (Å²) in [5.74, 6) is -2.58. The summed E-state index contributed by atoms with van der Waals surface area (Å²) < 4.78 is 19.5. The van der Waals surface area contributed by atoms with E-state index in [4.69, 9.17) is 18.9 Å². The van der Waals surface area contributed by atoms with Crippen molar-refractivity contribution in [2.24, 2.45) is 0 Å². The Bertz CT molecular complexity index is 486. The van der Waals surface area contributed by atoms with Gasteiger partial charge in [0.1, 0.15) is 0 Å². The highest BCUT2D eigenvalue weighted by molar-refractivity contribution is 5.86. The number of hydrogen-bond donors (Lipinski definition) is 0. The van der Waals surface area contributed by atoms with E-state index in [2.05, 4.69) is 6.58 Å². The molecule has 2 atom stereocenters. The first-order valence-corrected chi connectivity index (χ1v) is 8.47. The fraction of sp³-hybridized carbons (Fsp3) is 0.667. The van der Waals surface area contributed by atoms with Gasteiger partial charge in [0.15, 0.2) is 24.6 Å². The largest absolute Gasteiger partial charge is 0.454 e. The molecule has 26 heavy (non-hydrogen) atoms. The fourth-order valence-electron chi connectivity index (χ4n) is 1.87. The molecule has 0 aliphatic rings. The van der Waals surface area contributed by atoms with Crippen molar-refractivity contribution in [3.63, 3.8) is 0 Å². The van der Waals surface area contributed by atoms with Gasteiger partial charge in [-0.25, -0.2) is 9.59 Å². The van der Waals surface area contributed by atoms with E-state index in [1.807, 2.05) is 0 Å². The van der Waals surface area contributed by atoms with Crippen LogP contribution in [0.2, 0.25) is 0 Å². The molecular formula is C18H28O8. The number of hydrogen-bond acceptors (Lipinski definition) is 8. The van der Waals surface area contributed by atoms with Crippen LogP contribution in [0.15, 0.2) is 12.7 Å². The van der Waals surface area contributed by atoms with E-state index >= 15 is 0 Å². The van der Waals surface area contributed by atoms with Gasteiger partial charge in [-0.05, 0) is 26.7 Å². The van der Waals surface area contributed by atoms with Gasteiger partial charge >= 0.3 is 17.9 Å². The number of carbonyl (C=O) groups excluding carboxylic acids is 4. The third-order valence-electron chi connectivity index (χ3n) is 3.31. The van der Waals surface area contributed by atoms with Crippen molar-refractivity contribution in [2.45, 2.75) is 58.2 Å². The Kier molecular flexibility index (Phi) is 12.8. The van der Waals surface area contributed by atoms with Crippen molar-refractivity contribution in [3.05, 3.63) is 12.7 Å². The van der Waals surface area contributed by atoms with Crippen molar-refractivity contribution < 1.29 is 38.1 Å². The van der Waals surface area contributed by atoms with Gasteiger partial charge < -0.3 is 18.9 Å². The lowest BCUT2D eigenvalue weighted by Gasteiger charge is -2.17. The highest BCUT2D eigenvalue weighted by atomic mass is 16.6. The lowest BCUT2D eigenvalue weighted by molar-refractivity contribution is -0.175. The monoisotopic (exact) mass is 372 g/mol. The van der Waals surface area contributed by atoms with E-state index in [-0.39, 0.29) is 18.6 Å². The van der Waals surface area contributed by atoms with Crippen LogP contribution in [0.4, 0.5) is 0 Å². The highest BCUT2D eigenvalue weighted by Crippen LogP contribution is 2.06. The average molecular weight is 372 g/mol. The maximum Gasteiger partial charge on any atom is 0.347 e. The van der Waals surface area contributed by atoms with Gasteiger partial charge in [0.25, 0.3) is 0 Å². The first-order chi connectivity index (χ1) is 12.3. The number of rotatable bonds is 14. The molecule has 0 heterocycles. The molecule has 0 amide bonds. The standard InChI is InChI=1S/C18H28O8/c1-5-9-15(13(2)19)26-18(22)14(3)25-17(21)12-24-16(20)10-7-6-8-11-23-4/h5,14-15H,1,6-12H2,2-4H3. The van der Waals surface area contributed by atoms with E-state index in [1.165, 1.54) is 19.9 Å². The summed E-state index contributed by atoms with van der Waals surface area (Å²) in [4.78, 5) is 46.3. The van der Waals surface area contributed by atoms with Crippen molar-refractivity contribution in [1.82, 2.24) is 0 Å². The quantitative estimate of drug-likeness (QED) is 0.196. The molecular weight excluding hydrogens is 344 g/mol. The summed E-state index contributed by atoms with van der Waals surface area (Å²) in [5, 5.41) is 0. The number of methoxy groups -OCH3 is 1. The van der Waals surface area contributed by atoms with Gasteiger partial charge in [-0.1, -0.05) is 12.5 Å². The lowest BCUT2D eigenvalue weighted by atomic mass is 10.2. The van der Waals surface area contributed by atoms with Gasteiger partial charge in [-0.2, -0.15) is 0 Å². The van der Waals surface area contributed by atoms with Crippen LogP contribution in [0.1, 0.15) is 46.0 Å². The number of esters is 3. The Morgan fingerprint density at radius 2 is 1.73 bits per heavy atom. The third-order valence-corrected chi connectivity index (χ3v) is 3.31. The molecule has 0 radical (unpaired) electrons. The molecule has 8 heteroatoms. The van der Waals surface area contributed by atoms with E-state index in [1.54, 1.807) is 7.11 Å². The molecule has 0 aromatic carbocycles. The summed E-state index contributed by atoms with van der Waals surface area (Å²) in [5.41, 5.74) is 0. The summed E-state index contributed by atoms with van der Waals surface area (Å²) in [6.45, 7) is 6.12. The predicted octanol–water partition coefficient (Wildman–Crippen LogP) is 1.74. The number of Topliss-reactive ketones (excluding diaryl/α,β-unsaturated/α-hetero) is 1. The molecule has 8 nitrogen and oxygen atoms in total. The number of ketones is 1. The first-order valence-electron chi connectivity index (χ1n) is 8.47. The first kappa shape index (κ1) is 23.8. The van der Waals surface area contributed by atoms with E-state index in [0.717, 1.165) is 12.8 Å². The zero-order valence-electron chi connectivity index (χ0n) is 15.7. The van der Waals surface area contributed by atoms with Crippen LogP contribution in [0.3, 0.4) is 0 Å². The lowest BCUT2D eigenvalue weighted by Crippen LogP contribution is -2.33. The zero-order valence-corrected chi connectivity index (χ0v) is 15.7. The minimum absolute atomic E-state index is 0.170. The molecule has 0 N–H and O–H groups in total. The van der Waals surface area contributed by atoms with Crippen molar-refractivity contribution in [3.8, 4) is 0 Å². The van der Waals surface area contributed by atoms with E-state index in [0.29, 0.717) is 13.0 Å². The van der Waals surface area contributed by atoms with E-state index < -0.39 is 36.7 Å². The molecule has 0 spiro atoms. The fourth-order valence-corrected chi connectivity index (χ4v) is 1.87. The molecule has 148 valence electrons. The predicted molar refractivity (Wildman–Crippen MR) is 92.2 cm³/mol. The number of ether oxygens (including phenoxy) is 4. The molecule has 0 saturated carbocycles. The second-order valence-electron chi connectivity index (χ2n) is 5.66. The SMILES string of the molecule is C=CCC(OC(=O)C(C)OC(=O)COC(=O)CCCCCOC)C(C)=O. The molecule has 0 aliphatic carbocycles. The molecule has 0 aliphatic heterocycles. The summed E-state index contributed by atoms with van der Waals surface area (Å²) in [7, 11) is 1.61. The topological polar surface area (TPSA) is 105 Å². The molecule has 0 aromatic heterocycles.